The Morgan fingerprint density at radius 1 is 1.38 bits per heavy atom. The summed E-state index contributed by atoms with van der Waals surface area (Å²) >= 11 is 0. The van der Waals surface area contributed by atoms with Gasteiger partial charge in [0.2, 0.25) is 0 Å². The van der Waals surface area contributed by atoms with Crippen LogP contribution in [0.4, 0.5) is 5.69 Å². The van der Waals surface area contributed by atoms with E-state index in [4.69, 9.17) is 9.84 Å². The van der Waals surface area contributed by atoms with E-state index in [1.807, 2.05) is 0 Å². The van der Waals surface area contributed by atoms with Crippen LogP contribution in [0, 0.1) is 5.92 Å². The van der Waals surface area contributed by atoms with Gasteiger partial charge in [-0.2, -0.15) is 0 Å². The summed E-state index contributed by atoms with van der Waals surface area (Å²) in [5, 5.41) is 11.5. The molecule has 0 aromatic heterocycles. The predicted octanol–water partition coefficient (Wildman–Crippen LogP) is 2.09. The maximum Gasteiger partial charge on any atom is 0.304 e. The van der Waals surface area contributed by atoms with E-state index in [9.17, 15) is 14.4 Å². The first-order valence-electron chi connectivity index (χ1n) is 6.61. The summed E-state index contributed by atoms with van der Waals surface area (Å²) in [6, 6.07) is 4.68. The van der Waals surface area contributed by atoms with Gasteiger partial charge in [0.05, 0.1) is 12.1 Å². The zero-order valence-electron chi connectivity index (χ0n) is 12.1. The van der Waals surface area contributed by atoms with Gasteiger partial charge in [-0.1, -0.05) is 6.92 Å². The first-order valence-corrected chi connectivity index (χ1v) is 6.61. The van der Waals surface area contributed by atoms with Gasteiger partial charge in [-0.25, -0.2) is 0 Å². The lowest BCUT2D eigenvalue weighted by atomic mass is 9.95. The predicted molar refractivity (Wildman–Crippen MR) is 75.5 cm³/mol. The van der Waals surface area contributed by atoms with Gasteiger partial charge in [0.1, 0.15) is 5.75 Å². The molecule has 1 heterocycles. The number of ether oxygens (including phenoxy) is 1. The fraction of sp³-hybridized carbons (Fsp3) is 0.400. The van der Waals surface area contributed by atoms with E-state index in [0.717, 1.165) is 0 Å². The van der Waals surface area contributed by atoms with Crippen molar-refractivity contribution < 1.29 is 24.2 Å². The van der Waals surface area contributed by atoms with Crippen molar-refractivity contribution in [3.8, 4) is 5.75 Å². The van der Waals surface area contributed by atoms with Gasteiger partial charge in [0.15, 0.2) is 11.4 Å². The summed E-state index contributed by atoms with van der Waals surface area (Å²) in [6.45, 7) is 4.84. The van der Waals surface area contributed by atoms with Gasteiger partial charge in [0.25, 0.3) is 5.91 Å². The van der Waals surface area contributed by atoms with E-state index in [0.29, 0.717) is 17.0 Å². The van der Waals surface area contributed by atoms with Crippen molar-refractivity contribution in [1.29, 1.82) is 0 Å². The Hall–Kier alpha value is -2.37. The number of Topliss-reactive ketones (excluding diaryl/α,β-unsaturated/α-hetero) is 1. The number of carbonyl (C=O) groups excluding carboxylic acids is 2. The molecule has 0 bridgehead atoms. The van der Waals surface area contributed by atoms with Crippen LogP contribution in [0.1, 0.15) is 37.6 Å². The van der Waals surface area contributed by atoms with Crippen LogP contribution in [0.2, 0.25) is 0 Å². The van der Waals surface area contributed by atoms with E-state index >= 15 is 0 Å². The lowest BCUT2D eigenvalue weighted by Gasteiger charge is -2.31. The van der Waals surface area contributed by atoms with E-state index in [-0.39, 0.29) is 18.1 Å². The first-order chi connectivity index (χ1) is 9.70. The third-order valence-corrected chi connectivity index (χ3v) is 3.35. The summed E-state index contributed by atoms with van der Waals surface area (Å²) in [4.78, 5) is 34.6. The maximum absolute atomic E-state index is 12.2. The highest BCUT2D eigenvalue weighted by molar-refractivity contribution is 6.03. The van der Waals surface area contributed by atoms with Gasteiger partial charge in [-0.05, 0) is 32.0 Å². The number of carbonyl (C=O) groups is 3. The molecule has 6 nitrogen and oxygen atoms in total. The number of amides is 1. The molecule has 6 heteroatoms. The minimum atomic E-state index is -1.02. The topological polar surface area (TPSA) is 92.7 Å². The van der Waals surface area contributed by atoms with Crippen molar-refractivity contribution in [1.82, 2.24) is 0 Å². The lowest BCUT2D eigenvalue weighted by molar-refractivity contribution is -0.137. The van der Waals surface area contributed by atoms with Crippen LogP contribution in [0.25, 0.3) is 0 Å². The average Bonchev–Trinajstić information content (AvgIpc) is 2.37. The summed E-state index contributed by atoms with van der Waals surface area (Å²) in [5.41, 5.74) is -0.141. The number of carboxylic acids is 1. The van der Waals surface area contributed by atoms with E-state index in [1.165, 1.54) is 6.07 Å². The molecule has 0 fully saturated rings. The molecular weight excluding hydrogens is 274 g/mol. The third-order valence-electron chi connectivity index (χ3n) is 3.35. The average molecular weight is 291 g/mol. The molecule has 112 valence electrons. The van der Waals surface area contributed by atoms with Gasteiger partial charge >= 0.3 is 5.97 Å². The summed E-state index contributed by atoms with van der Waals surface area (Å²) in [7, 11) is 0. The number of benzene rings is 1. The van der Waals surface area contributed by atoms with Crippen LogP contribution in [0.3, 0.4) is 0 Å². The lowest BCUT2D eigenvalue weighted by Crippen LogP contribution is -2.45. The second-order valence-electron chi connectivity index (χ2n) is 5.64. The maximum atomic E-state index is 12.2. The zero-order valence-corrected chi connectivity index (χ0v) is 12.1. The summed E-state index contributed by atoms with van der Waals surface area (Å²) in [6.07, 6.45) is -0.223. The van der Waals surface area contributed by atoms with Crippen LogP contribution in [-0.4, -0.2) is 28.4 Å². The Balaban J connectivity index is 2.28. The largest absolute Gasteiger partial charge is 0.481 e. The van der Waals surface area contributed by atoms with Crippen LogP contribution in [-0.2, 0) is 9.59 Å². The molecule has 0 saturated carbocycles. The quantitative estimate of drug-likeness (QED) is 0.829. The monoisotopic (exact) mass is 291 g/mol. The fourth-order valence-corrected chi connectivity index (χ4v) is 2.10. The van der Waals surface area contributed by atoms with E-state index in [1.54, 1.807) is 32.9 Å². The molecule has 1 unspecified atom stereocenters. The highest BCUT2D eigenvalue weighted by atomic mass is 16.5. The van der Waals surface area contributed by atoms with Crippen molar-refractivity contribution in [3.05, 3.63) is 23.8 Å². The Bertz CT molecular complexity index is 620. The number of carboxylic acid groups (broad SMARTS) is 1. The number of fused-ring (bicyclic) bond motifs is 1. The molecule has 0 spiro atoms. The van der Waals surface area contributed by atoms with Crippen molar-refractivity contribution in [2.45, 2.75) is 32.8 Å². The number of rotatable bonds is 4. The highest BCUT2D eigenvalue weighted by Crippen LogP contribution is 2.34. The van der Waals surface area contributed by atoms with Gasteiger partial charge in [-0.15, -0.1) is 0 Å². The molecule has 1 aliphatic rings. The number of aliphatic carboxylic acids is 1. The smallest absolute Gasteiger partial charge is 0.304 e. The van der Waals surface area contributed by atoms with E-state index < -0.39 is 17.5 Å². The SMILES string of the molecule is CC(CC(=O)O)C(=O)c1ccc2c(c1)OC(C)(C)C(=O)N2. The third kappa shape index (κ3) is 3.04. The molecule has 1 atom stereocenters. The molecule has 1 aromatic carbocycles. The summed E-state index contributed by atoms with van der Waals surface area (Å²) < 4.78 is 5.60. The van der Waals surface area contributed by atoms with Crippen LogP contribution in [0.15, 0.2) is 18.2 Å². The minimum Gasteiger partial charge on any atom is -0.481 e. The van der Waals surface area contributed by atoms with Gasteiger partial charge in [-0.3, -0.25) is 14.4 Å². The molecule has 0 saturated heterocycles. The number of hydrogen-bond acceptors (Lipinski definition) is 4. The van der Waals surface area contributed by atoms with Crippen molar-refractivity contribution in [2.24, 2.45) is 5.92 Å². The van der Waals surface area contributed by atoms with Crippen molar-refractivity contribution in [3.63, 3.8) is 0 Å². The molecular formula is C15H17NO5. The molecule has 21 heavy (non-hydrogen) atoms. The molecule has 1 amide bonds. The molecule has 2 rings (SSSR count). The number of hydrogen-bond donors (Lipinski definition) is 2. The van der Waals surface area contributed by atoms with Gasteiger partial charge in [0, 0.05) is 11.5 Å². The molecule has 0 aliphatic carbocycles. The Morgan fingerprint density at radius 3 is 2.67 bits per heavy atom. The number of nitrogens with one attached hydrogen (secondary N) is 1. The number of anilines is 1. The standard InChI is InChI=1S/C15H17NO5/c1-8(6-12(17)18)13(19)9-4-5-10-11(7-9)21-15(2,3)14(20)16-10/h4-5,7-8H,6H2,1-3H3,(H,16,20)(H,17,18). The van der Waals surface area contributed by atoms with Crippen molar-refractivity contribution in [2.75, 3.05) is 5.32 Å². The van der Waals surface area contributed by atoms with Crippen LogP contribution < -0.4 is 10.1 Å². The second kappa shape index (κ2) is 5.20. The van der Waals surface area contributed by atoms with Crippen LogP contribution >= 0.6 is 0 Å². The minimum absolute atomic E-state index is 0.223. The van der Waals surface area contributed by atoms with Gasteiger partial charge < -0.3 is 15.2 Å². The molecule has 0 radical (unpaired) electrons. The highest BCUT2D eigenvalue weighted by Gasteiger charge is 2.35. The normalized spacial score (nSPS) is 17.2. The molecule has 1 aromatic rings. The Labute approximate surface area is 122 Å². The van der Waals surface area contributed by atoms with Crippen LogP contribution in [0.5, 0.6) is 5.75 Å². The first kappa shape index (κ1) is 15.0. The zero-order chi connectivity index (χ0) is 15.8. The molecule has 2 N–H and O–H groups in total. The molecule has 1 aliphatic heterocycles. The summed E-state index contributed by atoms with van der Waals surface area (Å²) in [5.74, 6) is -1.75. The Kier molecular flexibility index (Phi) is 3.72. The van der Waals surface area contributed by atoms with E-state index in [2.05, 4.69) is 5.32 Å². The van der Waals surface area contributed by atoms with Crippen molar-refractivity contribution >= 4 is 23.3 Å². The Morgan fingerprint density at radius 2 is 2.05 bits per heavy atom. The number of ketones is 1. The second-order valence-corrected chi connectivity index (χ2v) is 5.64. The fourth-order valence-electron chi connectivity index (χ4n) is 2.10.